The van der Waals surface area contributed by atoms with Crippen molar-refractivity contribution in [2.75, 3.05) is 13.2 Å². The van der Waals surface area contributed by atoms with E-state index in [-0.39, 0.29) is 6.61 Å². The van der Waals surface area contributed by atoms with Crippen LogP contribution in [-0.2, 0) is 6.54 Å². The van der Waals surface area contributed by atoms with Crippen LogP contribution in [0.25, 0.3) is 0 Å². The molecule has 4 heteroatoms. The van der Waals surface area contributed by atoms with Gasteiger partial charge < -0.3 is 15.6 Å². The molecule has 0 unspecified atom stereocenters. The van der Waals surface area contributed by atoms with Crippen molar-refractivity contribution in [1.82, 2.24) is 4.98 Å². The van der Waals surface area contributed by atoms with Crippen molar-refractivity contribution in [3.05, 3.63) is 23.5 Å². The summed E-state index contributed by atoms with van der Waals surface area (Å²) >= 11 is 0. The Balaban J connectivity index is 2.65. The average Bonchev–Trinajstić information content (AvgIpc) is 2.20. The molecular formula is C10H16N2O2. The predicted octanol–water partition coefficient (Wildman–Crippen LogP) is 0.610. The van der Waals surface area contributed by atoms with Gasteiger partial charge in [-0.05, 0) is 19.1 Å². The fraction of sp³-hybridized carbons (Fsp3) is 0.500. The van der Waals surface area contributed by atoms with Gasteiger partial charge >= 0.3 is 0 Å². The summed E-state index contributed by atoms with van der Waals surface area (Å²) in [5.41, 5.74) is 7.23. The molecule has 0 atom stereocenters. The summed E-state index contributed by atoms with van der Waals surface area (Å²) in [6, 6.07) is 3.75. The van der Waals surface area contributed by atoms with Crippen molar-refractivity contribution in [3.8, 4) is 5.75 Å². The Bertz CT molecular complexity index is 289. The maximum atomic E-state index is 8.59. The van der Waals surface area contributed by atoms with E-state index in [4.69, 9.17) is 15.6 Å². The Labute approximate surface area is 83.7 Å². The van der Waals surface area contributed by atoms with Crippen LogP contribution < -0.4 is 10.5 Å². The van der Waals surface area contributed by atoms with E-state index >= 15 is 0 Å². The highest BCUT2D eigenvalue weighted by Gasteiger charge is 2.03. The number of rotatable bonds is 5. The van der Waals surface area contributed by atoms with Crippen molar-refractivity contribution in [3.63, 3.8) is 0 Å². The maximum absolute atomic E-state index is 8.59. The Morgan fingerprint density at radius 1 is 1.50 bits per heavy atom. The van der Waals surface area contributed by atoms with Gasteiger partial charge in [-0.1, -0.05) is 0 Å². The third-order valence-electron chi connectivity index (χ3n) is 1.83. The first-order valence-corrected chi connectivity index (χ1v) is 4.68. The van der Waals surface area contributed by atoms with Crippen LogP contribution in [-0.4, -0.2) is 23.3 Å². The number of aliphatic hydroxyl groups excluding tert-OH is 1. The van der Waals surface area contributed by atoms with Gasteiger partial charge in [0.2, 0.25) is 0 Å². The van der Waals surface area contributed by atoms with Crippen molar-refractivity contribution < 1.29 is 9.84 Å². The standard InChI is InChI=1S/C10H16N2O2/c1-8-3-4-10(9(7-11)12-8)14-6-2-5-13/h3-4,13H,2,5-7,11H2,1H3. The van der Waals surface area contributed by atoms with Crippen molar-refractivity contribution in [1.29, 1.82) is 0 Å². The monoisotopic (exact) mass is 196 g/mol. The van der Waals surface area contributed by atoms with E-state index < -0.39 is 0 Å². The Hall–Kier alpha value is -1.13. The summed E-state index contributed by atoms with van der Waals surface area (Å²) in [5, 5.41) is 8.59. The first kappa shape index (κ1) is 10.9. The number of aryl methyl sites for hydroxylation is 1. The molecule has 1 heterocycles. The molecule has 1 aromatic rings. The summed E-state index contributed by atoms with van der Waals surface area (Å²) in [6.07, 6.45) is 0.623. The number of hydrogen-bond acceptors (Lipinski definition) is 4. The van der Waals surface area contributed by atoms with Gasteiger partial charge in [-0.25, -0.2) is 0 Å². The Morgan fingerprint density at radius 3 is 2.93 bits per heavy atom. The summed E-state index contributed by atoms with van der Waals surface area (Å²) in [7, 11) is 0. The smallest absolute Gasteiger partial charge is 0.142 e. The number of pyridine rings is 1. The second-order valence-electron chi connectivity index (χ2n) is 3.03. The molecule has 0 amide bonds. The van der Waals surface area contributed by atoms with Crippen LogP contribution in [0.15, 0.2) is 12.1 Å². The van der Waals surface area contributed by atoms with Crippen LogP contribution in [0.3, 0.4) is 0 Å². The number of nitrogens with two attached hydrogens (primary N) is 1. The quantitative estimate of drug-likeness (QED) is 0.677. The molecule has 1 aromatic heterocycles. The minimum Gasteiger partial charge on any atom is -0.492 e. The molecule has 0 saturated heterocycles. The number of hydrogen-bond donors (Lipinski definition) is 2. The highest BCUT2D eigenvalue weighted by atomic mass is 16.5. The molecule has 4 nitrogen and oxygen atoms in total. The second kappa shape index (κ2) is 5.57. The van der Waals surface area contributed by atoms with Gasteiger partial charge in [-0.2, -0.15) is 0 Å². The van der Waals surface area contributed by atoms with Crippen LogP contribution in [0.1, 0.15) is 17.8 Å². The third kappa shape index (κ3) is 2.97. The lowest BCUT2D eigenvalue weighted by Gasteiger charge is -2.09. The molecular weight excluding hydrogens is 180 g/mol. The van der Waals surface area contributed by atoms with Crippen LogP contribution in [0.5, 0.6) is 5.75 Å². The average molecular weight is 196 g/mol. The van der Waals surface area contributed by atoms with Gasteiger partial charge in [-0.15, -0.1) is 0 Å². The fourth-order valence-electron chi connectivity index (χ4n) is 1.12. The Morgan fingerprint density at radius 2 is 2.29 bits per heavy atom. The summed E-state index contributed by atoms with van der Waals surface area (Å²) in [5.74, 6) is 0.714. The number of nitrogens with zero attached hydrogens (tertiary/aromatic N) is 1. The zero-order chi connectivity index (χ0) is 10.4. The van der Waals surface area contributed by atoms with Gasteiger partial charge in [0.25, 0.3) is 0 Å². The predicted molar refractivity (Wildman–Crippen MR) is 54.1 cm³/mol. The van der Waals surface area contributed by atoms with E-state index in [0.29, 0.717) is 25.3 Å². The molecule has 0 saturated carbocycles. The second-order valence-corrected chi connectivity index (χ2v) is 3.03. The zero-order valence-corrected chi connectivity index (χ0v) is 8.36. The molecule has 3 N–H and O–H groups in total. The van der Waals surface area contributed by atoms with Gasteiger partial charge in [0.05, 0.1) is 12.3 Å². The van der Waals surface area contributed by atoms with E-state index in [1.807, 2.05) is 19.1 Å². The molecule has 0 aliphatic heterocycles. The molecule has 0 aliphatic rings. The van der Waals surface area contributed by atoms with E-state index in [1.165, 1.54) is 0 Å². The molecule has 14 heavy (non-hydrogen) atoms. The lowest BCUT2D eigenvalue weighted by atomic mass is 10.3. The highest BCUT2D eigenvalue weighted by molar-refractivity contribution is 5.28. The minimum atomic E-state index is 0.136. The third-order valence-corrected chi connectivity index (χ3v) is 1.83. The normalized spacial score (nSPS) is 10.2. The molecule has 78 valence electrons. The van der Waals surface area contributed by atoms with E-state index in [1.54, 1.807) is 0 Å². The maximum Gasteiger partial charge on any atom is 0.142 e. The first-order chi connectivity index (χ1) is 6.77. The summed E-state index contributed by atoms with van der Waals surface area (Å²) in [6.45, 7) is 2.91. The molecule has 0 aliphatic carbocycles. The van der Waals surface area contributed by atoms with Crippen molar-refractivity contribution >= 4 is 0 Å². The molecule has 0 bridgehead atoms. The minimum absolute atomic E-state index is 0.136. The van der Waals surface area contributed by atoms with Gasteiger partial charge in [-0.3, -0.25) is 4.98 Å². The molecule has 0 fully saturated rings. The lowest BCUT2D eigenvalue weighted by molar-refractivity contribution is 0.232. The Kier molecular flexibility index (Phi) is 4.35. The molecule has 1 rings (SSSR count). The SMILES string of the molecule is Cc1ccc(OCCCO)c(CN)n1. The van der Waals surface area contributed by atoms with Crippen molar-refractivity contribution in [2.45, 2.75) is 19.9 Å². The molecule has 0 spiro atoms. The lowest BCUT2D eigenvalue weighted by Crippen LogP contribution is -2.07. The van der Waals surface area contributed by atoms with Crippen LogP contribution >= 0.6 is 0 Å². The zero-order valence-electron chi connectivity index (χ0n) is 8.36. The van der Waals surface area contributed by atoms with Gasteiger partial charge in [0, 0.05) is 25.3 Å². The first-order valence-electron chi connectivity index (χ1n) is 4.68. The fourth-order valence-corrected chi connectivity index (χ4v) is 1.12. The van der Waals surface area contributed by atoms with E-state index in [0.717, 1.165) is 11.4 Å². The van der Waals surface area contributed by atoms with E-state index in [9.17, 15) is 0 Å². The largest absolute Gasteiger partial charge is 0.492 e. The topological polar surface area (TPSA) is 68.4 Å². The van der Waals surface area contributed by atoms with Crippen LogP contribution in [0, 0.1) is 6.92 Å². The van der Waals surface area contributed by atoms with Crippen LogP contribution in [0.2, 0.25) is 0 Å². The van der Waals surface area contributed by atoms with Gasteiger partial charge in [0.15, 0.2) is 0 Å². The van der Waals surface area contributed by atoms with Gasteiger partial charge in [0.1, 0.15) is 5.75 Å². The molecule has 0 aromatic carbocycles. The molecule has 0 radical (unpaired) electrons. The number of aromatic nitrogens is 1. The highest BCUT2D eigenvalue weighted by Crippen LogP contribution is 2.16. The number of aliphatic hydroxyl groups is 1. The number of ether oxygens (including phenoxy) is 1. The summed E-state index contributed by atoms with van der Waals surface area (Å²) < 4.78 is 5.42. The van der Waals surface area contributed by atoms with Crippen LogP contribution in [0.4, 0.5) is 0 Å². The van der Waals surface area contributed by atoms with E-state index in [2.05, 4.69) is 4.98 Å². The summed E-state index contributed by atoms with van der Waals surface area (Å²) in [4.78, 5) is 4.26. The van der Waals surface area contributed by atoms with Crippen molar-refractivity contribution in [2.24, 2.45) is 5.73 Å².